The smallest absolute Gasteiger partial charge is 0.0429 e. The van der Waals surface area contributed by atoms with Gasteiger partial charge in [-0.3, -0.25) is 0 Å². The van der Waals surface area contributed by atoms with Gasteiger partial charge in [-0.25, -0.2) is 0 Å². The topological polar surface area (TPSA) is 29.3 Å². The number of nitrogens with two attached hydrogens (primary N) is 1. The lowest BCUT2D eigenvalue weighted by atomic mass is 9.75. The Morgan fingerprint density at radius 2 is 1.72 bits per heavy atom. The van der Waals surface area contributed by atoms with Crippen LogP contribution in [0, 0.1) is 0 Å². The molecule has 1 atom stereocenters. The number of halogens is 1. The summed E-state index contributed by atoms with van der Waals surface area (Å²) < 4.78 is 0. The van der Waals surface area contributed by atoms with Gasteiger partial charge in [0.05, 0.1) is 0 Å². The van der Waals surface area contributed by atoms with E-state index in [-0.39, 0.29) is 11.5 Å². The van der Waals surface area contributed by atoms with Gasteiger partial charge in [0.15, 0.2) is 0 Å². The largest absolute Gasteiger partial charge is 0.367 e. The van der Waals surface area contributed by atoms with Crippen molar-refractivity contribution in [1.29, 1.82) is 0 Å². The van der Waals surface area contributed by atoms with Gasteiger partial charge in [-0.2, -0.15) is 0 Å². The van der Waals surface area contributed by atoms with Crippen LogP contribution in [-0.4, -0.2) is 6.54 Å². The third-order valence-electron chi connectivity index (χ3n) is 6.11. The molecule has 29 heavy (non-hydrogen) atoms. The number of nitrogens with zero attached hydrogens (tertiary/aromatic N) is 1. The SMILES string of the molecule is CC(N)c1cc2c(cc1-c1ccc(Cl)cc1)C(C)(C)CCN2Cc1ccccc1. The Morgan fingerprint density at radius 1 is 1.03 bits per heavy atom. The molecule has 2 nitrogen and oxygen atoms in total. The lowest BCUT2D eigenvalue weighted by Gasteiger charge is -2.41. The Morgan fingerprint density at radius 3 is 2.38 bits per heavy atom. The van der Waals surface area contributed by atoms with Gasteiger partial charge < -0.3 is 10.6 Å². The minimum atomic E-state index is -0.0467. The molecule has 0 aliphatic carbocycles. The van der Waals surface area contributed by atoms with Gasteiger partial charge in [-0.15, -0.1) is 0 Å². The molecule has 3 aromatic rings. The fourth-order valence-corrected chi connectivity index (χ4v) is 4.43. The van der Waals surface area contributed by atoms with Crippen molar-refractivity contribution in [1.82, 2.24) is 0 Å². The first kappa shape index (κ1) is 20.0. The summed E-state index contributed by atoms with van der Waals surface area (Å²) in [6.07, 6.45) is 1.13. The average molecular weight is 405 g/mol. The molecule has 3 heteroatoms. The van der Waals surface area contributed by atoms with Crippen molar-refractivity contribution >= 4 is 17.3 Å². The Kier molecular flexibility index (Phi) is 5.42. The highest BCUT2D eigenvalue weighted by molar-refractivity contribution is 6.30. The summed E-state index contributed by atoms with van der Waals surface area (Å²) in [5.74, 6) is 0. The van der Waals surface area contributed by atoms with Gasteiger partial charge in [0, 0.05) is 29.8 Å². The molecule has 3 aromatic carbocycles. The van der Waals surface area contributed by atoms with Gasteiger partial charge in [-0.1, -0.05) is 67.9 Å². The maximum absolute atomic E-state index is 6.44. The van der Waals surface area contributed by atoms with Crippen LogP contribution in [0.4, 0.5) is 5.69 Å². The summed E-state index contributed by atoms with van der Waals surface area (Å²) >= 11 is 6.13. The first-order valence-corrected chi connectivity index (χ1v) is 10.7. The standard InChI is InChI=1S/C26H29ClN2/c1-18(28)22-16-25-24(15-23(22)20-9-11-21(27)12-10-20)26(2,3)13-14-29(25)17-19-7-5-4-6-8-19/h4-12,15-16,18H,13-14,17,28H2,1-3H3. The molecule has 0 bridgehead atoms. The molecule has 0 saturated heterocycles. The van der Waals surface area contributed by atoms with Crippen LogP contribution in [0.5, 0.6) is 0 Å². The fraction of sp³-hybridized carbons (Fsp3) is 0.308. The minimum absolute atomic E-state index is 0.0467. The monoisotopic (exact) mass is 404 g/mol. The van der Waals surface area contributed by atoms with Crippen molar-refractivity contribution in [3.8, 4) is 11.1 Å². The molecule has 2 N–H and O–H groups in total. The molecule has 1 heterocycles. The molecular formula is C26H29ClN2. The molecule has 0 amide bonds. The minimum Gasteiger partial charge on any atom is -0.367 e. The van der Waals surface area contributed by atoms with Crippen LogP contribution in [0.2, 0.25) is 5.02 Å². The van der Waals surface area contributed by atoms with E-state index in [1.165, 1.54) is 33.5 Å². The Hall–Kier alpha value is -2.29. The van der Waals surface area contributed by atoms with Gasteiger partial charge in [-0.05, 0) is 70.8 Å². The number of hydrogen-bond acceptors (Lipinski definition) is 2. The zero-order valence-electron chi connectivity index (χ0n) is 17.5. The van der Waals surface area contributed by atoms with E-state index in [0.717, 1.165) is 24.5 Å². The second kappa shape index (κ2) is 7.85. The van der Waals surface area contributed by atoms with E-state index >= 15 is 0 Å². The summed E-state index contributed by atoms with van der Waals surface area (Å²) in [7, 11) is 0. The normalized spacial score (nSPS) is 16.4. The summed E-state index contributed by atoms with van der Waals surface area (Å²) in [5, 5.41) is 0.753. The first-order valence-electron chi connectivity index (χ1n) is 10.3. The van der Waals surface area contributed by atoms with Crippen molar-refractivity contribution in [2.75, 3.05) is 11.4 Å². The highest BCUT2D eigenvalue weighted by Gasteiger charge is 2.32. The molecule has 0 saturated carbocycles. The van der Waals surface area contributed by atoms with E-state index < -0.39 is 0 Å². The number of fused-ring (bicyclic) bond motifs is 1. The van der Waals surface area contributed by atoms with Crippen molar-refractivity contribution in [2.45, 2.75) is 45.2 Å². The molecule has 1 aliphatic heterocycles. The quantitative estimate of drug-likeness (QED) is 0.523. The summed E-state index contributed by atoms with van der Waals surface area (Å²) in [4.78, 5) is 2.51. The van der Waals surface area contributed by atoms with Crippen LogP contribution in [-0.2, 0) is 12.0 Å². The van der Waals surface area contributed by atoms with E-state index in [0.29, 0.717) is 0 Å². The predicted molar refractivity (Wildman–Crippen MR) is 125 cm³/mol. The first-order chi connectivity index (χ1) is 13.8. The van der Waals surface area contributed by atoms with Gasteiger partial charge in [0.1, 0.15) is 0 Å². The van der Waals surface area contributed by atoms with E-state index in [4.69, 9.17) is 17.3 Å². The zero-order valence-corrected chi connectivity index (χ0v) is 18.2. The molecular weight excluding hydrogens is 376 g/mol. The molecule has 0 aromatic heterocycles. The lowest BCUT2D eigenvalue weighted by molar-refractivity contribution is 0.452. The van der Waals surface area contributed by atoms with Crippen molar-refractivity contribution in [3.63, 3.8) is 0 Å². The van der Waals surface area contributed by atoms with Crippen LogP contribution in [0.25, 0.3) is 11.1 Å². The Labute approximate surface area is 179 Å². The summed E-state index contributed by atoms with van der Waals surface area (Å²) in [5.41, 5.74) is 14.2. The Bertz CT molecular complexity index is 991. The van der Waals surface area contributed by atoms with Crippen molar-refractivity contribution < 1.29 is 0 Å². The molecule has 1 aliphatic rings. The van der Waals surface area contributed by atoms with E-state index in [1.807, 2.05) is 12.1 Å². The number of rotatable bonds is 4. The van der Waals surface area contributed by atoms with Crippen LogP contribution in [0.3, 0.4) is 0 Å². The fourth-order valence-electron chi connectivity index (χ4n) is 4.30. The number of hydrogen-bond donors (Lipinski definition) is 1. The zero-order chi connectivity index (χ0) is 20.6. The Balaban J connectivity index is 1.84. The highest BCUT2D eigenvalue weighted by atomic mass is 35.5. The summed E-state index contributed by atoms with van der Waals surface area (Å²) in [6, 6.07) is 23.4. The van der Waals surface area contributed by atoms with Crippen LogP contribution >= 0.6 is 11.6 Å². The molecule has 1 unspecified atom stereocenters. The number of anilines is 1. The van der Waals surface area contributed by atoms with E-state index in [2.05, 4.69) is 80.3 Å². The molecule has 0 spiro atoms. The second-order valence-corrected chi connectivity index (χ2v) is 9.23. The molecule has 0 radical (unpaired) electrons. The van der Waals surface area contributed by atoms with Gasteiger partial charge >= 0.3 is 0 Å². The van der Waals surface area contributed by atoms with Crippen molar-refractivity contribution in [2.24, 2.45) is 5.73 Å². The van der Waals surface area contributed by atoms with Gasteiger partial charge in [0.25, 0.3) is 0 Å². The lowest BCUT2D eigenvalue weighted by Crippen LogP contribution is -2.37. The van der Waals surface area contributed by atoms with Crippen LogP contribution < -0.4 is 10.6 Å². The predicted octanol–water partition coefficient (Wildman–Crippen LogP) is 6.71. The molecule has 4 rings (SSSR count). The molecule has 0 fully saturated rings. The third kappa shape index (κ3) is 4.05. The maximum Gasteiger partial charge on any atom is 0.0429 e. The van der Waals surface area contributed by atoms with E-state index in [9.17, 15) is 0 Å². The summed E-state index contributed by atoms with van der Waals surface area (Å²) in [6.45, 7) is 8.73. The van der Waals surface area contributed by atoms with Crippen LogP contribution in [0.1, 0.15) is 49.9 Å². The average Bonchev–Trinajstić information content (AvgIpc) is 2.71. The van der Waals surface area contributed by atoms with Crippen LogP contribution in [0.15, 0.2) is 66.7 Å². The van der Waals surface area contributed by atoms with Crippen molar-refractivity contribution in [3.05, 3.63) is 88.4 Å². The van der Waals surface area contributed by atoms with Gasteiger partial charge in [0.2, 0.25) is 0 Å². The second-order valence-electron chi connectivity index (χ2n) is 8.79. The van der Waals surface area contributed by atoms with E-state index in [1.54, 1.807) is 0 Å². The molecule has 150 valence electrons. The number of benzene rings is 3. The maximum atomic E-state index is 6.44. The third-order valence-corrected chi connectivity index (χ3v) is 6.36. The highest BCUT2D eigenvalue weighted by Crippen LogP contribution is 2.44.